The molecule has 0 radical (unpaired) electrons. The van der Waals surface area contributed by atoms with E-state index in [4.69, 9.17) is 0 Å². The first-order valence-electron chi connectivity index (χ1n) is 7.24. The Kier molecular flexibility index (Phi) is 3.30. The van der Waals surface area contributed by atoms with Gasteiger partial charge in [0, 0.05) is 5.92 Å². The fourth-order valence-electron chi connectivity index (χ4n) is 3.70. The summed E-state index contributed by atoms with van der Waals surface area (Å²) in [6.45, 7) is 0. The molecule has 1 aromatic carbocycles. The van der Waals surface area contributed by atoms with Gasteiger partial charge >= 0.3 is 5.97 Å². The van der Waals surface area contributed by atoms with Gasteiger partial charge < -0.3 is 10.2 Å². The van der Waals surface area contributed by atoms with Gasteiger partial charge in [0.1, 0.15) is 0 Å². The van der Waals surface area contributed by atoms with E-state index in [1.54, 1.807) is 6.08 Å². The third kappa shape index (κ3) is 1.97. The van der Waals surface area contributed by atoms with E-state index in [0.717, 1.165) is 29.5 Å². The van der Waals surface area contributed by atoms with Gasteiger partial charge in [-0.15, -0.1) is 0 Å². The second-order valence-electron chi connectivity index (χ2n) is 5.84. The molecule has 0 amide bonds. The summed E-state index contributed by atoms with van der Waals surface area (Å²) in [5.74, 6) is -1.40. The zero-order valence-corrected chi connectivity index (χ0v) is 11.6. The maximum atomic E-state index is 11.8. The topological polar surface area (TPSA) is 81.3 Å². The zero-order valence-electron chi connectivity index (χ0n) is 11.6. The van der Waals surface area contributed by atoms with Crippen molar-refractivity contribution in [1.29, 1.82) is 5.26 Å². The Morgan fingerprint density at radius 2 is 2.10 bits per heavy atom. The van der Waals surface area contributed by atoms with Crippen molar-refractivity contribution in [2.24, 2.45) is 11.3 Å². The number of allylic oxidation sites excluding steroid dienone is 1. The number of nitriles is 1. The van der Waals surface area contributed by atoms with Crippen LogP contribution in [0.2, 0.25) is 0 Å². The average molecular weight is 283 g/mol. The zero-order chi connectivity index (χ0) is 15.0. The van der Waals surface area contributed by atoms with Crippen LogP contribution in [0.3, 0.4) is 0 Å². The molecule has 2 aliphatic carbocycles. The van der Waals surface area contributed by atoms with Crippen molar-refractivity contribution >= 4 is 11.5 Å². The molecule has 1 saturated carbocycles. The number of benzene rings is 1. The number of hydrogen-bond acceptors (Lipinski definition) is 3. The van der Waals surface area contributed by atoms with Crippen molar-refractivity contribution in [3.8, 4) is 6.07 Å². The molecule has 0 bridgehead atoms. The van der Waals surface area contributed by atoms with Gasteiger partial charge in [0.25, 0.3) is 0 Å². The molecule has 2 N–H and O–H groups in total. The van der Waals surface area contributed by atoms with Gasteiger partial charge in [0.15, 0.2) is 5.41 Å². The molecule has 0 spiro atoms. The highest BCUT2D eigenvalue weighted by atomic mass is 16.4. The fourth-order valence-corrected chi connectivity index (χ4v) is 3.70. The number of aliphatic carboxylic acids is 1. The SMILES string of the molecule is N#CC1(C(=O)O)CCCCC1C1=CC(O)c2ccccc21. The van der Waals surface area contributed by atoms with Crippen LogP contribution in [-0.2, 0) is 4.79 Å². The molecule has 1 aromatic rings. The number of carboxylic acid groups (broad SMARTS) is 1. The number of fused-ring (bicyclic) bond motifs is 1. The van der Waals surface area contributed by atoms with E-state index in [2.05, 4.69) is 6.07 Å². The molecule has 0 aliphatic heterocycles. The lowest BCUT2D eigenvalue weighted by atomic mass is 9.63. The Balaban J connectivity index is 2.09. The summed E-state index contributed by atoms with van der Waals surface area (Å²) >= 11 is 0. The highest BCUT2D eigenvalue weighted by molar-refractivity contribution is 5.85. The molecule has 21 heavy (non-hydrogen) atoms. The molecule has 108 valence electrons. The molecule has 1 fully saturated rings. The lowest BCUT2D eigenvalue weighted by Gasteiger charge is -2.36. The van der Waals surface area contributed by atoms with Crippen LogP contribution in [0.5, 0.6) is 0 Å². The van der Waals surface area contributed by atoms with E-state index >= 15 is 0 Å². The highest BCUT2D eigenvalue weighted by Gasteiger charge is 2.50. The summed E-state index contributed by atoms with van der Waals surface area (Å²) in [5.41, 5.74) is 1.14. The number of nitrogens with zero attached hydrogens (tertiary/aromatic N) is 1. The minimum Gasteiger partial charge on any atom is -0.480 e. The predicted octanol–water partition coefficient (Wildman–Crippen LogP) is 2.90. The highest BCUT2D eigenvalue weighted by Crippen LogP contribution is 2.51. The monoisotopic (exact) mass is 283 g/mol. The number of carboxylic acids is 1. The molecule has 3 rings (SSSR count). The Morgan fingerprint density at radius 1 is 1.33 bits per heavy atom. The summed E-state index contributed by atoms with van der Waals surface area (Å²) in [6, 6.07) is 9.55. The van der Waals surface area contributed by atoms with Crippen LogP contribution in [0.1, 0.15) is 42.9 Å². The van der Waals surface area contributed by atoms with Gasteiger partial charge in [0.2, 0.25) is 0 Å². The molecule has 0 aromatic heterocycles. The summed E-state index contributed by atoms with van der Waals surface area (Å²) in [4.78, 5) is 11.8. The fraction of sp³-hybridized carbons (Fsp3) is 0.412. The molecule has 4 nitrogen and oxygen atoms in total. The van der Waals surface area contributed by atoms with Crippen LogP contribution in [0, 0.1) is 22.7 Å². The van der Waals surface area contributed by atoms with Crippen LogP contribution < -0.4 is 0 Å². The maximum absolute atomic E-state index is 11.8. The van der Waals surface area contributed by atoms with Crippen LogP contribution in [0.25, 0.3) is 5.57 Å². The van der Waals surface area contributed by atoms with Gasteiger partial charge in [-0.3, -0.25) is 4.79 Å². The lowest BCUT2D eigenvalue weighted by Crippen LogP contribution is -2.40. The molecule has 0 saturated heterocycles. The van der Waals surface area contributed by atoms with E-state index < -0.39 is 17.5 Å². The first kappa shape index (κ1) is 13.8. The number of aliphatic hydroxyl groups excluding tert-OH is 1. The quantitative estimate of drug-likeness (QED) is 0.874. The first-order valence-corrected chi connectivity index (χ1v) is 7.24. The summed E-state index contributed by atoms with van der Waals surface area (Å²) in [6.07, 6.45) is 3.73. The second kappa shape index (κ2) is 5.01. The van der Waals surface area contributed by atoms with E-state index in [-0.39, 0.29) is 5.92 Å². The van der Waals surface area contributed by atoms with E-state index in [0.29, 0.717) is 12.8 Å². The largest absolute Gasteiger partial charge is 0.480 e. The van der Waals surface area contributed by atoms with Gasteiger partial charge in [-0.2, -0.15) is 5.26 Å². The van der Waals surface area contributed by atoms with Gasteiger partial charge in [0.05, 0.1) is 12.2 Å². The van der Waals surface area contributed by atoms with Gasteiger partial charge in [-0.05, 0) is 35.6 Å². The van der Waals surface area contributed by atoms with Crippen molar-refractivity contribution < 1.29 is 15.0 Å². The number of hydrogen-bond donors (Lipinski definition) is 2. The van der Waals surface area contributed by atoms with Crippen molar-refractivity contribution in [2.75, 3.05) is 0 Å². The van der Waals surface area contributed by atoms with E-state index in [1.807, 2.05) is 24.3 Å². The predicted molar refractivity (Wildman–Crippen MR) is 77.0 cm³/mol. The second-order valence-corrected chi connectivity index (χ2v) is 5.84. The van der Waals surface area contributed by atoms with Crippen LogP contribution >= 0.6 is 0 Å². The number of aliphatic hydroxyl groups is 1. The van der Waals surface area contributed by atoms with Crippen molar-refractivity contribution in [2.45, 2.75) is 31.8 Å². The standard InChI is InChI=1S/C17H17NO3/c18-10-17(16(20)21)8-4-3-7-14(17)13-9-15(19)12-6-2-1-5-11(12)13/h1-2,5-6,9,14-15,19H,3-4,7-8H2,(H,20,21). The normalized spacial score (nSPS) is 31.1. The van der Waals surface area contributed by atoms with E-state index in [9.17, 15) is 20.3 Å². The Morgan fingerprint density at radius 3 is 2.81 bits per heavy atom. The molecular formula is C17H17NO3. The molecule has 3 unspecified atom stereocenters. The summed E-state index contributed by atoms with van der Waals surface area (Å²) < 4.78 is 0. The lowest BCUT2D eigenvalue weighted by molar-refractivity contribution is -0.148. The van der Waals surface area contributed by atoms with E-state index in [1.165, 1.54) is 0 Å². The maximum Gasteiger partial charge on any atom is 0.324 e. The minimum absolute atomic E-state index is 0.355. The van der Waals surface area contributed by atoms with Gasteiger partial charge in [-0.1, -0.05) is 37.1 Å². The molecular weight excluding hydrogens is 266 g/mol. The number of carbonyl (C=O) groups is 1. The minimum atomic E-state index is -1.37. The molecule has 0 heterocycles. The Hall–Kier alpha value is -2.12. The Bertz CT molecular complexity index is 658. The Labute approximate surface area is 123 Å². The third-order valence-corrected chi connectivity index (χ3v) is 4.79. The van der Waals surface area contributed by atoms with Crippen LogP contribution in [0.15, 0.2) is 30.3 Å². The van der Waals surface area contributed by atoms with Crippen molar-refractivity contribution in [3.63, 3.8) is 0 Å². The summed E-state index contributed by atoms with van der Waals surface area (Å²) in [7, 11) is 0. The third-order valence-electron chi connectivity index (χ3n) is 4.79. The molecule has 4 heteroatoms. The van der Waals surface area contributed by atoms with Gasteiger partial charge in [-0.25, -0.2) is 0 Å². The molecule has 2 aliphatic rings. The average Bonchev–Trinajstić information content (AvgIpc) is 2.84. The smallest absolute Gasteiger partial charge is 0.324 e. The first-order chi connectivity index (χ1) is 10.1. The van der Waals surface area contributed by atoms with Crippen LogP contribution in [0.4, 0.5) is 0 Å². The molecule has 3 atom stereocenters. The van der Waals surface area contributed by atoms with Crippen molar-refractivity contribution in [1.82, 2.24) is 0 Å². The van der Waals surface area contributed by atoms with Crippen molar-refractivity contribution in [3.05, 3.63) is 41.5 Å². The summed E-state index contributed by atoms with van der Waals surface area (Å²) in [5, 5.41) is 29.3. The van der Waals surface area contributed by atoms with Crippen LogP contribution in [-0.4, -0.2) is 16.2 Å². The number of rotatable bonds is 2.